The molecule has 3 aromatic rings. The summed E-state index contributed by atoms with van der Waals surface area (Å²) in [7, 11) is 0. The van der Waals surface area contributed by atoms with Crippen LogP contribution in [0, 0.1) is 25.2 Å². The Labute approximate surface area is 148 Å². The fraction of sp³-hybridized carbons (Fsp3) is 0.438. The first-order valence-corrected chi connectivity index (χ1v) is 8.86. The summed E-state index contributed by atoms with van der Waals surface area (Å²) in [5, 5.41) is 14.2. The molecule has 25 heavy (non-hydrogen) atoms. The van der Waals surface area contributed by atoms with Crippen molar-refractivity contribution in [2.45, 2.75) is 20.4 Å². The van der Waals surface area contributed by atoms with Gasteiger partial charge in [-0.3, -0.25) is 4.90 Å². The van der Waals surface area contributed by atoms with Crippen LogP contribution < -0.4 is 0 Å². The molecular formula is C16H17N7OS. The molecule has 0 saturated carbocycles. The second-order valence-corrected chi connectivity index (χ2v) is 7.14. The average Bonchev–Trinajstić information content (AvgIpc) is 3.20. The minimum absolute atomic E-state index is 0.131. The highest BCUT2D eigenvalue weighted by Gasteiger charge is 2.19. The number of morpholine rings is 1. The molecule has 0 radical (unpaired) electrons. The van der Waals surface area contributed by atoms with Crippen molar-refractivity contribution in [3.63, 3.8) is 0 Å². The Bertz CT molecular complexity index is 965. The van der Waals surface area contributed by atoms with E-state index in [1.54, 1.807) is 16.0 Å². The van der Waals surface area contributed by atoms with Crippen LogP contribution in [0.2, 0.25) is 0 Å². The Morgan fingerprint density at radius 3 is 2.80 bits per heavy atom. The Morgan fingerprint density at radius 2 is 2.08 bits per heavy atom. The lowest BCUT2D eigenvalue weighted by Gasteiger charge is -2.25. The van der Waals surface area contributed by atoms with Crippen LogP contribution in [0.5, 0.6) is 0 Å². The highest BCUT2D eigenvalue weighted by Crippen LogP contribution is 2.32. The Balaban J connectivity index is 1.81. The molecule has 0 amide bonds. The van der Waals surface area contributed by atoms with E-state index in [0.29, 0.717) is 12.4 Å². The first-order chi connectivity index (χ1) is 12.2. The number of fused-ring (bicyclic) bond motifs is 1. The van der Waals surface area contributed by atoms with E-state index in [0.717, 1.165) is 47.9 Å². The van der Waals surface area contributed by atoms with Crippen LogP contribution in [0.1, 0.15) is 22.1 Å². The fourth-order valence-corrected chi connectivity index (χ4v) is 3.93. The van der Waals surface area contributed by atoms with Crippen molar-refractivity contribution < 1.29 is 4.74 Å². The van der Waals surface area contributed by atoms with Crippen molar-refractivity contribution in [2.75, 3.05) is 26.3 Å². The molecule has 1 saturated heterocycles. The molecule has 0 atom stereocenters. The van der Waals surface area contributed by atoms with Gasteiger partial charge in [-0.25, -0.2) is 19.6 Å². The van der Waals surface area contributed by atoms with Crippen molar-refractivity contribution in [1.29, 1.82) is 5.26 Å². The summed E-state index contributed by atoms with van der Waals surface area (Å²) < 4.78 is 6.98. The summed E-state index contributed by atoms with van der Waals surface area (Å²) in [5.41, 5.74) is 1.14. The van der Waals surface area contributed by atoms with E-state index in [4.69, 9.17) is 20.0 Å². The number of rotatable bonds is 3. The Morgan fingerprint density at radius 1 is 1.28 bits per heavy atom. The van der Waals surface area contributed by atoms with Gasteiger partial charge in [0.25, 0.3) is 5.82 Å². The van der Waals surface area contributed by atoms with Gasteiger partial charge in [0.15, 0.2) is 5.82 Å². The van der Waals surface area contributed by atoms with E-state index in [1.807, 2.05) is 6.07 Å². The molecule has 1 aliphatic rings. The van der Waals surface area contributed by atoms with Crippen LogP contribution in [-0.4, -0.2) is 55.9 Å². The zero-order chi connectivity index (χ0) is 17.4. The van der Waals surface area contributed by atoms with Crippen LogP contribution >= 0.6 is 11.3 Å². The molecule has 3 aromatic heterocycles. The normalized spacial score (nSPS) is 15.6. The molecule has 8 nitrogen and oxygen atoms in total. The molecular weight excluding hydrogens is 338 g/mol. The third kappa shape index (κ3) is 3.00. The molecule has 0 aliphatic carbocycles. The smallest absolute Gasteiger partial charge is 0.252 e. The number of hydrogen-bond donors (Lipinski definition) is 0. The van der Waals surface area contributed by atoms with Crippen molar-refractivity contribution in [3.05, 3.63) is 28.4 Å². The number of aryl methyl sites for hydroxylation is 2. The van der Waals surface area contributed by atoms with Gasteiger partial charge >= 0.3 is 0 Å². The number of thiophene rings is 1. The largest absolute Gasteiger partial charge is 0.379 e. The van der Waals surface area contributed by atoms with Gasteiger partial charge < -0.3 is 4.74 Å². The standard InChI is InChI=1S/C16H17N7OS/c1-10-11(2)25-16-14(10)15(23-9-18-12(7-17)21-23)19-13(20-16)8-22-3-5-24-6-4-22/h9H,3-6,8H2,1-2H3. The molecule has 128 valence electrons. The quantitative estimate of drug-likeness (QED) is 0.704. The summed E-state index contributed by atoms with van der Waals surface area (Å²) in [5.74, 6) is 1.56. The van der Waals surface area contributed by atoms with Crippen molar-refractivity contribution in [1.82, 2.24) is 29.6 Å². The third-order valence-electron chi connectivity index (χ3n) is 4.33. The molecule has 9 heteroatoms. The van der Waals surface area contributed by atoms with Crippen molar-refractivity contribution >= 4 is 21.6 Å². The van der Waals surface area contributed by atoms with Crippen LogP contribution in [-0.2, 0) is 11.3 Å². The number of ether oxygens (including phenoxy) is 1. The van der Waals surface area contributed by atoms with E-state index >= 15 is 0 Å². The monoisotopic (exact) mass is 355 g/mol. The zero-order valence-corrected chi connectivity index (χ0v) is 14.9. The topological polar surface area (TPSA) is 92.8 Å². The molecule has 1 fully saturated rings. The third-order valence-corrected chi connectivity index (χ3v) is 5.43. The van der Waals surface area contributed by atoms with E-state index in [2.05, 4.69) is 28.8 Å². The number of nitriles is 1. The molecule has 1 aliphatic heterocycles. The predicted molar refractivity (Wildman–Crippen MR) is 92.6 cm³/mol. The first-order valence-electron chi connectivity index (χ1n) is 8.04. The highest BCUT2D eigenvalue weighted by molar-refractivity contribution is 7.18. The SMILES string of the molecule is Cc1sc2nc(CN3CCOCC3)nc(-n3cnc(C#N)n3)c2c1C. The van der Waals surface area contributed by atoms with E-state index in [9.17, 15) is 0 Å². The van der Waals surface area contributed by atoms with E-state index in [-0.39, 0.29) is 5.82 Å². The summed E-state index contributed by atoms with van der Waals surface area (Å²) in [6.07, 6.45) is 1.53. The Kier molecular flexibility index (Phi) is 4.17. The van der Waals surface area contributed by atoms with Gasteiger partial charge in [-0.1, -0.05) is 0 Å². The maximum atomic E-state index is 9.00. The second kappa shape index (κ2) is 6.48. The Hall–Kier alpha value is -2.41. The molecule has 4 heterocycles. The predicted octanol–water partition coefficient (Wildman–Crippen LogP) is 1.59. The lowest BCUT2D eigenvalue weighted by molar-refractivity contribution is 0.0331. The van der Waals surface area contributed by atoms with Crippen LogP contribution in [0.25, 0.3) is 16.0 Å². The van der Waals surface area contributed by atoms with E-state index in [1.165, 1.54) is 11.2 Å². The molecule has 0 N–H and O–H groups in total. The number of aromatic nitrogens is 5. The number of hydrogen-bond acceptors (Lipinski definition) is 8. The highest BCUT2D eigenvalue weighted by atomic mass is 32.1. The summed E-state index contributed by atoms with van der Waals surface area (Å²) in [6.45, 7) is 8.03. The lowest BCUT2D eigenvalue weighted by Crippen LogP contribution is -2.36. The van der Waals surface area contributed by atoms with Crippen LogP contribution in [0.4, 0.5) is 0 Å². The molecule has 0 unspecified atom stereocenters. The first kappa shape index (κ1) is 16.1. The number of nitrogens with zero attached hydrogens (tertiary/aromatic N) is 7. The zero-order valence-electron chi connectivity index (χ0n) is 14.1. The maximum absolute atomic E-state index is 9.00. The summed E-state index contributed by atoms with van der Waals surface area (Å²) in [6, 6.07) is 1.96. The van der Waals surface area contributed by atoms with Gasteiger partial charge in [0.2, 0.25) is 0 Å². The van der Waals surface area contributed by atoms with Crippen molar-refractivity contribution in [3.8, 4) is 11.9 Å². The molecule has 4 rings (SSSR count). The van der Waals surface area contributed by atoms with Gasteiger partial charge in [0.1, 0.15) is 23.1 Å². The van der Waals surface area contributed by atoms with Gasteiger partial charge in [-0.15, -0.1) is 16.4 Å². The lowest BCUT2D eigenvalue weighted by atomic mass is 10.2. The molecule has 0 spiro atoms. The molecule has 0 aromatic carbocycles. The second-order valence-electron chi connectivity index (χ2n) is 5.94. The maximum Gasteiger partial charge on any atom is 0.252 e. The average molecular weight is 355 g/mol. The minimum Gasteiger partial charge on any atom is -0.379 e. The van der Waals surface area contributed by atoms with Gasteiger partial charge in [0.05, 0.1) is 25.1 Å². The van der Waals surface area contributed by atoms with Crippen LogP contribution in [0.3, 0.4) is 0 Å². The minimum atomic E-state index is 0.131. The van der Waals surface area contributed by atoms with Crippen molar-refractivity contribution in [2.24, 2.45) is 0 Å². The molecule has 0 bridgehead atoms. The van der Waals surface area contributed by atoms with E-state index < -0.39 is 0 Å². The fourth-order valence-electron chi connectivity index (χ4n) is 2.88. The summed E-state index contributed by atoms with van der Waals surface area (Å²) in [4.78, 5) is 17.9. The summed E-state index contributed by atoms with van der Waals surface area (Å²) >= 11 is 1.66. The van der Waals surface area contributed by atoms with Gasteiger partial charge in [-0.05, 0) is 19.4 Å². The van der Waals surface area contributed by atoms with Gasteiger partial charge in [0, 0.05) is 18.0 Å². The van der Waals surface area contributed by atoms with Gasteiger partial charge in [-0.2, -0.15) is 5.26 Å². The van der Waals surface area contributed by atoms with Crippen LogP contribution in [0.15, 0.2) is 6.33 Å².